The number of benzene rings is 1. The molecule has 0 amide bonds. The van der Waals surface area contributed by atoms with Crippen LogP contribution < -0.4 is 4.74 Å². The van der Waals surface area contributed by atoms with Crippen molar-refractivity contribution < 1.29 is 9.94 Å². The number of H-pyrrole nitrogens is 1. The van der Waals surface area contributed by atoms with Crippen LogP contribution in [-0.2, 0) is 6.42 Å². The molecule has 86 valence electrons. The summed E-state index contributed by atoms with van der Waals surface area (Å²) in [4.78, 5) is 3.13. The van der Waals surface area contributed by atoms with Crippen LogP contribution in [0.1, 0.15) is 17.2 Å². The van der Waals surface area contributed by atoms with Gasteiger partial charge in [0, 0.05) is 11.9 Å². The second-order valence-electron chi connectivity index (χ2n) is 4.03. The number of nitrogens with one attached hydrogen (secondary N) is 1. The van der Waals surface area contributed by atoms with E-state index in [4.69, 9.17) is 9.94 Å². The second-order valence-corrected chi connectivity index (χ2v) is 4.03. The predicted octanol–water partition coefficient (Wildman–Crippen LogP) is 2.52. The Kier molecular flexibility index (Phi) is 2.33. The highest BCUT2D eigenvalue weighted by molar-refractivity contribution is 5.87. The molecule has 0 aliphatic carbocycles. The van der Waals surface area contributed by atoms with Crippen molar-refractivity contribution in [1.82, 2.24) is 4.98 Å². The highest BCUT2D eigenvalue weighted by atomic mass is 16.5. The Morgan fingerprint density at radius 2 is 2.12 bits per heavy atom. The third-order valence-electron chi connectivity index (χ3n) is 3.01. The number of aromatic nitrogens is 1. The van der Waals surface area contributed by atoms with Crippen molar-refractivity contribution in [1.29, 1.82) is 0 Å². The lowest BCUT2D eigenvalue weighted by molar-refractivity contribution is 0.295. The van der Waals surface area contributed by atoms with Gasteiger partial charge in [-0.15, -0.1) is 0 Å². The molecule has 0 saturated carbocycles. The van der Waals surface area contributed by atoms with Gasteiger partial charge in [-0.25, -0.2) is 0 Å². The van der Waals surface area contributed by atoms with E-state index in [1.54, 1.807) is 0 Å². The lowest BCUT2D eigenvalue weighted by Gasteiger charge is -2.24. The number of aromatic amines is 1. The monoisotopic (exact) mass is 228 g/mol. The molecule has 17 heavy (non-hydrogen) atoms. The first-order chi connectivity index (χ1) is 8.38. The molecule has 1 aromatic carbocycles. The smallest absolute Gasteiger partial charge is 0.240 e. The van der Waals surface area contributed by atoms with Crippen molar-refractivity contribution >= 4 is 5.90 Å². The summed E-state index contributed by atoms with van der Waals surface area (Å²) < 4.78 is 5.60. The topological polar surface area (TPSA) is 57.6 Å². The molecule has 1 aliphatic rings. The maximum atomic E-state index is 9.03. The van der Waals surface area contributed by atoms with Crippen LogP contribution in [-0.4, -0.2) is 16.1 Å². The zero-order valence-corrected chi connectivity index (χ0v) is 9.13. The normalized spacial score (nSPS) is 20.9. The molecule has 2 aromatic rings. The Morgan fingerprint density at radius 1 is 1.24 bits per heavy atom. The van der Waals surface area contributed by atoms with Gasteiger partial charge in [0.05, 0.1) is 5.92 Å². The standard InChI is InChI=1S/C13H12N2O2/c16-15-13-10(11-5-3-7-14-11)8-9-4-1-2-6-12(9)17-13/h1-7,10,14,16H,8H2. The predicted molar refractivity (Wildman–Crippen MR) is 63.5 cm³/mol. The molecule has 3 rings (SSSR count). The summed E-state index contributed by atoms with van der Waals surface area (Å²) in [7, 11) is 0. The van der Waals surface area contributed by atoms with Crippen LogP contribution in [0.25, 0.3) is 0 Å². The van der Waals surface area contributed by atoms with E-state index in [-0.39, 0.29) is 5.92 Å². The summed E-state index contributed by atoms with van der Waals surface area (Å²) in [6, 6.07) is 11.7. The van der Waals surface area contributed by atoms with Crippen molar-refractivity contribution in [2.75, 3.05) is 0 Å². The molecule has 1 unspecified atom stereocenters. The summed E-state index contributed by atoms with van der Waals surface area (Å²) in [5, 5.41) is 12.3. The van der Waals surface area contributed by atoms with Gasteiger partial charge in [-0.2, -0.15) is 0 Å². The van der Waals surface area contributed by atoms with Gasteiger partial charge in [0.2, 0.25) is 5.90 Å². The highest BCUT2D eigenvalue weighted by Crippen LogP contribution is 2.32. The van der Waals surface area contributed by atoms with E-state index in [0.29, 0.717) is 5.90 Å². The van der Waals surface area contributed by atoms with E-state index in [2.05, 4.69) is 10.1 Å². The van der Waals surface area contributed by atoms with E-state index in [1.807, 2.05) is 42.6 Å². The third kappa shape index (κ3) is 1.67. The van der Waals surface area contributed by atoms with E-state index < -0.39 is 0 Å². The first kappa shape index (κ1) is 9.96. The fourth-order valence-electron chi connectivity index (χ4n) is 2.16. The van der Waals surface area contributed by atoms with Crippen molar-refractivity contribution in [3.8, 4) is 5.75 Å². The molecule has 0 fully saturated rings. The van der Waals surface area contributed by atoms with Gasteiger partial charge >= 0.3 is 0 Å². The van der Waals surface area contributed by atoms with E-state index >= 15 is 0 Å². The number of oxime groups is 1. The molecule has 2 heterocycles. The summed E-state index contributed by atoms with van der Waals surface area (Å²) >= 11 is 0. The van der Waals surface area contributed by atoms with Gasteiger partial charge in [0.1, 0.15) is 5.75 Å². The highest BCUT2D eigenvalue weighted by Gasteiger charge is 2.28. The van der Waals surface area contributed by atoms with E-state index in [9.17, 15) is 0 Å². The molecule has 0 spiro atoms. The van der Waals surface area contributed by atoms with Crippen molar-refractivity contribution in [3.05, 3.63) is 53.9 Å². The zero-order chi connectivity index (χ0) is 11.7. The molecule has 1 atom stereocenters. The molecule has 0 bridgehead atoms. The van der Waals surface area contributed by atoms with Crippen molar-refractivity contribution in [2.45, 2.75) is 12.3 Å². The number of fused-ring (bicyclic) bond motifs is 1. The fourth-order valence-corrected chi connectivity index (χ4v) is 2.16. The van der Waals surface area contributed by atoms with Gasteiger partial charge in [-0.05, 0) is 30.2 Å². The van der Waals surface area contributed by atoms with Crippen LogP contribution >= 0.6 is 0 Å². The second kappa shape index (κ2) is 3.97. The summed E-state index contributed by atoms with van der Waals surface area (Å²) in [5.74, 6) is 1.05. The molecular weight excluding hydrogens is 216 g/mol. The number of hydrogen-bond acceptors (Lipinski definition) is 3. The molecule has 0 radical (unpaired) electrons. The van der Waals surface area contributed by atoms with E-state index in [0.717, 1.165) is 23.4 Å². The van der Waals surface area contributed by atoms with Gasteiger partial charge in [-0.1, -0.05) is 23.4 Å². The Hall–Kier alpha value is -2.23. The van der Waals surface area contributed by atoms with Crippen LogP contribution in [0.5, 0.6) is 5.75 Å². The summed E-state index contributed by atoms with van der Waals surface area (Å²) in [5.41, 5.74) is 2.12. The largest absolute Gasteiger partial charge is 0.439 e. The van der Waals surface area contributed by atoms with Gasteiger partial charge in [0.25, 0.3) is 0 Å². The molecular formula is C13H12N2O2. The fraction of sp³-hybridized carbons (Fsp3) is 0.154. The van der Waals surface area contributed by atoms with Gasteiger partial charge in [0.15, 0.2) is 0 Å². The Labute approximate surface area is 98.5 Å². The van der Waals surface area contributed by atoms with Gasteiger partial charge < -0.3 is 14.9 Å². The molecule has 1 aromatic heterocycles. The lowest BCUT2D eigenvalue weighted by Crippen LogP contribution is -2.26. The van der Waals surface area contributed by atoms with Crippen LogP contribution in [0.3, 0.4) is 0 Å². The number of hydrogen-bond donors (Lipinski definition) is 2. The quantitative estimate of drug-likeness (QED) is 0.582. The third-order valence-corrected chi connectivity index (χ3v) is 3.01. The molecule has 1 aliphatic heterocycles. The average molecular weight is 228 g/mol. The molecule has 4 nitrogen and oxygen atoms in total. The minimum Gasteiger partial charge on any atom is -0.439 e. The van der Waals surface area contributed by atoms with Crippen LogP contribution in [0.4, 0.5) is 0 Å². The Balaban J connectivity index is 2.02. The summed E-state index contributed by atoms with van der Waals surface area (Å²) in [6.45, 7) is 0. The summed E-state index contributed by atoms with van der Waals surface area (Å²) in [6.07, 6.45) is 2.63. The van der Waals surface area contributed by atoms with Crippen molar-refractivity contribution in [3.63, 3.8) is 0 Å². The SMILES string of the molecule is ON=C1Oc2ccccc2CC1c1ccc[nH]1. The van der Waals surface area contributed by atoms with Crippen molar-refractivity contribution in [2.24, 2.45) is 5.16 Å². The molecule has 0 saturated heterocycles. The average Bonchev–Trinajstić information content (AvgIpc) is 2.91. The number of nitrogens with zero attached hydrogens (tertiary/aromatic N) is 1. The maximum Gasteiger partial charge on any atom is 0.240 e. The number of para-hydroxylation sites is 1. The zero-order valence-electron chi connectivity index (χ0n) is 9.13. The Bertz CT molecular complexity index is 546. The number of rotatable bonds is 1. The lowest BCUT2D eigenvalue weighted by atomic mass is 9.93. The molecule has 2 N–H and O–H groups in total. The Morgan fingerprint density at radius 3 is 2.88 bits per heavy atom. The maximum absolute atomic E-state index is 9.03. The minimum atomic E-state index is -0.0510. The van der Waals surface area contributed by atoms with Gasteiger partial charge in [-0.3, -0.25) is 0 Å². The number of ether oxygens (including phenoxy) is 1. The minimum absolute atomic E-state index is 0.0510. The van der Waals surface area contributed by atoms with Crippen LogP contribution in [0, 0.1) is 0 Å². The first-order valence-corrected chi connectivity index (χ1v) is 5.49. The van der Waals surface area contributed by atoms with Crippen LogP contribution in [0.15, 0.2) is 47.8 Å². The van der Waals surface area contributed by atoms with Crippen LogP contribution in [0.2, 0.25) is 0 Å². The molecule has 4 heteroatoms. The first-order valence-electron chi connectivity index (χ1n) is 5.49. The van der Waals surface area contributed by atoms with E-state index in [1.165, 1.54) is 0 Å².